The molecular formula is C21H28N2O5. The molecule has 0 saturated heterocycles. The van der Waals surface area contributed by atoms with Crippen molar-refractivity contribution in [3.63, 3.8) is 0 Å². The number of hydrogen-bond acceptors (Lipinski definition) is 5. The van der Waals surface area contributed by atoms with Gasteiger partial charge in [-0.2, -0.15) is 0 Å². The smallest absolute Gasteiger partial charge is 0.321 e. The molecule has 152 valence electrons. The second-order valence-corrected chi connectivity index (χ2v) is 7.30. The van der Waals surface area contributed by atoms with Crippen molar-refractivity contribution < 1.29 is 23.9 Å². The lowest BCUT2D eigenvalue weighted by Gasteiger charge is -2.15. The van der Waals surface area contributed by atoms with Gasteiger partial charge in [0.2, 0.25) is 0 Å². The second kappa shape index (κ2) is 10.0. The normalized spacial score (nSPS) is 15.0. The molecule has 1 aliphatic carbocycles. The number of esters is 1. The molecule has 0 aromatic heterocycles. The SMILES string of the molecule is Cc1ccc(C(=O)CCC(=O)OC(C)C(=O)NC(=O)NC2CCCC2)cc1C. The van der Waals surface area contributed by atoms with E-state index in [4.69, 9.17) is 4.74 Å². The maximum atomic E-state index is 12.2. The molecule has 7 nitrogen and oxygen atoms in total. The van der Waals surface area contributed by atoms with Crippen LogP contribution in [0.25, 0.3) is 0 Å². The number of carbonyl (C=O) groups is 4. The third-order valence-corrected chi connectivity index (χ3v) is 4.99. The van der Waals surface area contributed by atoms with E-state index in [1.807, 2.05) is 19.9 Å². The highest BCUT2D eigenvalue weighted by Gasteiger charge is 2.23. The minimum atomic E-state index is -1.11. The first-order chi connectivity index (χ1) is 13.3. The standard InChI is InChI=1S/C21H28N2O5/c1-13-8-9-16(12-14(13)2)18(24)10-11-19(25)28-15(3)20(26)23-21(27)22-17-6-4-5-7-17/h8-9,12,15,17H,4-7,10-11H2,1-3H3,(H2,22,23,26,27). The number of ketones is 1. The number of benzene rings is 1. The molecule has 1 aliphatic rings. The lowest BCUT2D eigenvalue weighted by molar-refractivity contribution is -0.154. The number of ether oxygens (including phenoxy) is 1. The third kappa shape index (κ3) is 6.48. The summed E-state index contributed by atoms with van der Waals surface area (Å²) in [7, 11) is 0. The van der Waals surface area contributed by atoms with Crippen LogP contribution in [0.2, 0.25) is 0 Å². The number of aryl methyl sites for hydroxylation is 2. The van der Waals surface area contributed by atoms with E-state index >= 15 is 0 Å². The topological polar surface area (TPSA) is 102 Å². The summed E-state index contributed by atoms with van der Waals surface area (Å²) in [5.41, 5.74) is 2.65. The van der Waals surface area contributed by atoms with Gasteiger partial charge in [0.15, 0.2) is 11.9 Å². The third-order valence-electron chi connectivity index (χ3n) is 4.99. The van der Waals surface area contributed by atoms with Crippen molar-refractivity contribution in [3.05, 3.63) is 34.9 Å². The highest BCUT2D eigenvalue weighted by atomic mass is 16.5. The number of Topliss-reactive ketones (excluding diaryl/α,β-unsaturated/α-hetero) is 1. The zero-order chi connectivity index (χ0) is 20.7. The molecule has 1 aromatic rings. The Morgan fingerprint density at radius 2 is 1.75 bits per heavy atom. The van der Waals surface area contributed by atoms with E-state index in [9.17, 15) is 19.2 Å². The van der Waals surface area contributed by atoms with Crippen molar-refractivity contribution in [2.45, 2.75) is 71.4 Å². The van der Waals surface area contributed by atoms with Gasteiger partial charge in [-0.15, -0.1) is 0 Å². The van der Waals surface area contributed by atoms with Gasteiger partial charge in [-0.25, -0.2) is 4.79 Å². The van der Waals surface area contributed by atoms with E-state index in [0.29, 0.717) is 5.56 Å². The predicted octanol–water partition coefficient (Wildman–Crippen LogP) is 2.97. The van der Waals surface area contributed by atoms with Crippen LogP contribution < -0.4 is 10.6 Å². The van der Waals surface area contributed by atoms with Gasteiger partial charge in [0.1, 0.15) is 0 Å². The maximum Gasteiger partial charge on any atom is 0.321 e. The largest absolute Gasteiger partial charge is 0.453 e. The number of hydrogen-bond donors (Lipinski definition) is 2. The molecule has 0 bridgehead atoms. The van der Waals surface area contributed by atoms with Crippen LogP contribution in [0.5, 0.6) is 0 Å². The predicted molar refractivity (Wildman–Crippen MR) is 104 cm³/mol. The fourth-order valence-electron chi connectivity index (χ4n) is 3.09. The van der Waals surface area contributed by atoms with Gasteiger partial charge in [0, 0.05) is 18.0 Å². The van der Waals surface area contributed by atoms with Crippen molar-refractivity contribution in [2.24, 2.45) is 0 Å². The Morgan fingerprint density at radius 1 is 1.07 bits per heavy atom. The molecule has 28 heavy (non-hydrogen) atoms. The number of rotatable bonds is 7. The zero-order valence-corrected chi connectivity index (χ0v) is 16.7. The Morgan fingerprint density at radius 3 is 2.39 bits per heavy atom. The minimum absolute atomic E-state index is 0.00214. The molecule has 0 aliphatic heterocycles. The van der Waals surface area contributed by atoms with E-state index in [1.165, 1.54) is 6.92 Å². The van der Waals surface area contributed by atoms with Crippen LogP contribution in [-0.4, -0.2) is 35.8 Å². The van der Waals surface area contributed by atoms with E-state index in [1.54, 1.807) is 12.1 Å². The van der Waals surface area contributed by atoms with Gasteiger partial charge in [-0.3, -0.25) is 19.7 Å². The van der Waals surface area contributed by atoms with Gasteiger partial charge in [-0.05, 0) is 50.8 Å². The summed E-state index contributed by atoms with van der Waals surface area (Å²) in [5, 5.41) is 4.91. The highest BCUT2D eigenvalue weighted by molar-refractivity contribution is 5.99. The van der Waals surface area contributed by atoms with Gasteiger partial charge in [-0.1, -0.05) is 25.0 Å². The Hall–Kier alpha value is -2.70. The lowest BCUT2D eigenvalue weighted by Crippen LogP contribution is -2.47. The van der Waals surface area contributed by atoms with Crippen LogP contribution in [-0.2, 0) is 14.3 Å². The van der Waals surface area contributed by atoms with Gasteiger partial charge >= 0.3 is 12.0 Å². The number of urea groups is 1. The highest BCUT2D eigenvalue weighted by Crippen LogP contribution is 2.17. The average Bonchev–Trinajstić information content (AvgIpc) is 3.14. The molecule has 1 atom stereocenters. The summed E-state index contributed by atoms with van der Waals surface area (Å²) in [4.78, 5) is 47.9. The molecule has 3 amide bonds. The van der Waals surface area contributed by atoms with Crippen LogP contribution in [0.3, 0.4) is 0 Å². The number of amides is 3. The molecule has 2 rings (SSSR count). The first-order valence-corrected chi connectivity index (χ1v) is 9.67. The van der Waals surface area contributed by atoms with Crippen molar-refractivity contribution in [3.8, 4) is 0 Å². The number of nitrogens with one attached hydrogen (secondary N) is 2. The lowest BCUT2D eigenvalue weighted by atomic mass is 10.0. The Bertz CT molecular complexity index is 753. The Labute approximate surface area is 165 Å². The summed E-state index contributed by atoms with van der Waals surface area (Å²) >= 11 is 0. The van der Waals surface area contributed by atoms with Crippen LogP contribution >= 0.6 is 0 Å². The van der Waals surface area contributed by atoms with Gasteiger partial charge in [0.25, 0.3) is 5.91 Å². The van der Waals surface area contributed by atoms with E-state index < -0.39 is 24.0 Å². The average molecular weight is 388 g/mol. The summed E-state index contributed by atoms with van der Waals surface area (Å²) in [5.74, 6) is -1.51. The number of imide groups is 1. The van der Waals surface area contributed by atoms with E-state index in [0.717, 1.165) is 36.8 Å². The first kappa shape index (κ1) is 21.6. The fraction of sp³-hybridized carbons (Fsp3) is 0.524. The molecule has 1 saturated carbocycles. The van der Waals surface area contributed by atoms with Crippen molar-refractivity contribution in [1.29, 1.82) is 0 Å². The van der Waals surface area contributed by atoms with Crippen LogP contribution in [0.15, 0.2) is 18.2 Å². The van der Waals surface area contributed by atoms with E-state index in [2.05, 4.69) is 10.6 Å². The zero-order valence-electron chi connectivity index (χ0n) is 16.7. The molecule has 1 fully saturated rings. The van der Waals surface area contributed by atoms with Gasteiger partial charge < -0.3 is 10.1 Å². The van der Waals surface area contributed by atoms with Crippen LogP contribution in [0.4, 0.5) is 4.79 Å². The molecule has 0 heterocycles. The molecule has 0 radical (unpaired) electrons. The fourth-order valence-corrected chi connectivity index (χ4v) is 3.09. The van der Waals surface area contributed by atoms with Crippen molar-refractivity contribution >= 4 is 23.7 Å². The second-order valence-electron chi connectivity index (χ2n) is 7.30. The molecule has 1 aromatic carbocycles. The quantitative estimate of drug-likeness (QED) is 0.552. The molecule has 1 unspecified atom stereocenters. The summed E-state index contributed by atoms with van der Waals surface area (Å²) in [6, 6.07) is 4.90. The van der Waals surface area contributed by atoms with Crippen molar-refractivity contribution in [1.82, 2.24) is 10.6 Å². The maximum absolute atomic E-state index is 12.2. The number of carbonyl (C=O) groups excluding carboxylic acids is 4. The monoisotopic (exact) mass is 388 g/mol. The Kier molecular flexibility index (Phi) is 7.72. The van der Waals surface area contributed by atoms with Gasteiger partial charge in [0.05, 0.1) is 6.42 Å². The molecule has 7 heteroatoms. The molecule has 2 N–H and O–H groups in total. The summed E-state index contributed by atoms with van der Waals surface area (Å²) in [6.45, 7) is 5.27. The minimum Gasteiger partial charge on any atom is -0.453 e. The van der Waals surface area contributed by atoms with Crippen LogP contribution in [0, 0.1) is 13.8 Å². The van der Waals surface area contributed by atoms with Crippen LogP contribution in [0.1, 0.15) is 66.9 Å². The van der Waals surface area contributed by atoms with E-state index in [-0.39, 0.29) is 24.7 Å². The molecule has 0 spiro atoms. The summed E-state index contributed by atoms with van der Waals surface area (Å²) in [6.07, 6.45) is 2.69. The first-order valence-electron chi connectivity index (χ1n) is 9.67. The van der Waals surface area contributed by atoms with Crippen molar-refractivity contribution in [2.75, 3.05) is 0 Å². The summed E-state index contributed by atoms with van der Waals surface area (Å²) < 4.78 is 5.03. The molecular weight excluding hydrogens is 360 g/mol. The Balaban J connectivity index is 1.73.